The number of nitrogens with one attached hydrogen (secondary N) is 1. The van der Waals surface area contributed by atoms with Gasteiger partial charge in [0, 0.05) is 4.91 Å². The number of nitroso groups, excluding NO2 is 1. The summed E-state index contributed by atoms with van der Waals surface area (Å²) in [4.78, 5) is 9.75. The van der Waals surface area contributed by atoms with E-state index in [0.717, 1.165) is 0 Å². The molecule has 0 rings (SSSR count). The zero-order valence-corrected chi connectivity index (χ0v) is 4.93. The van der Waals surface area contributed by atoms with Crippen molar-refractivity contribution in [2.45, 2.75) is 19.9 Å². The van der Waals surface area contributed by atoms with E-state index in [1.165, 1.54) is 5.01 Å². The van der Waals surface area contributed by atoms with Crippen LogP contribution in [0, 0.1) is 4.91 Å². The van der Waals surface area contributed by atoms with Crippen molar-refractivity contribution in [2.75, 3.05) is 7.05 Å². The molecule has 0 aliphatic heterocycles. The second-order valence-electron chi connectivity index (χ2n) is 1.80. The van der Waals surface area contributed by atoms with Gasteiger partial charge >= 0.3 is 0 Å². The first-order chi connectivity index (χ1) is 3.18. The van der Waals surface area contributed by atoms with E-state index in [0.29, 0.717) is 0 Å². The molecular formula is C4H11N2O+. The van der Waals surface area contributed by atoms with Crippen LogP contribution in [0.15, 0.2) is 0 Å². The van der Waals surface area contributed by atoms with Crippen LogP contribution in [0.1, 0.15) is 13.8 Å². The number of hydrazine groups is 1. The number of rotatable bonds is 2. The highest BCUT2D eigenvalue weighted by Gasteiger charge is 2.02. The lowest BCUT2D eigenvalue weighted by molar-refractivity contribution is -0.664. The van der Waals surface area contributed by atoms with Gasteiger partial charge in [-0.1, -0.05) is 0 Å². The van der Waals surface area contributed by atoms with Crippen molar-refractivity contribution in [3.8, 4) is 0 Å². The Labute approximate surface area is 43.3 Å². The monoisotopic (exact) mass is 103 g/mol. The van der Waals surface area contributed by atoms with Crippen molar-refractivity contribution in [3.63, 3.8) is 0 Å². The largest absolute Gasteiger partial charge is 0.144 e. The highest BCUT2D eigenvalue weighted by atomic mass is 16.3. The summed E-state index contributed by atoms with van der Waals surface area (Å²) in [7, 11) is 1.71. The molecule has 0 amide bonds. The molecule has 0 radical (unpaired) electrons. The first kappa shape index (κ1) is 6.40. The number of hydrogen-bond donors (Lipinski definition) is 1. The molecular weight excluding hydrogens is 92.1 g/mol. The maximum atomic E-state index is 9.75. The molecule has 0 fully saturated rings. The number of nitrogens with zero attached hydrogens (tertiary/aromatic N) is 1. The Morgan fingerprint density at radius 2 is 2.00 bits per heavy atom. The average Bonchev–Trinajstić information content (AvgIpc) is 1.65. The van der Waals surface area contributed by atoms with Crippen LogP contribution in [-0.4, -0.2) is 18.1 Å². The quantitative estimate of drug-likeness (QED) is 0.459. The molecule has 1 N–H and O–H groups in total. The van der Waals surface area contributed by atoms with E-state index < -0.39 is 0 Å². The Balaban J connectivity index is 3.33. The molecule has 0 aromatic carbocycles. The van der Waals surface area contributed by atoms with Crippen molar-refractivity contribution >= 4 is 0 Å². The highest BCUT2D eigenvalue weighted by molar-refractivity contribution is 4.39. The molecule has 0 aromatic heterocycles. The second-order valence-corrected chi connectivity index (χ2v) is 1.80. The van der Waals surface area contributed by atoms with E-state index in [2.05, 4.69) is 0 Å². The minimum Gasteiger partial charge on any atom is -0.144 e. The molecule has 0 saturated carbocycles. The van der Waals surface area contributed by atoms with Gasteiger partial charge in [-0.25, -0.2) is 0 Å². The van der Waals surface area contributed by atoms with E-state index in [-0.39, 0.29) is 6.04 Å². The molecule has 7 heavy (non-hydrogen) atoms. The van der Waals surface area contributed by atoms with Crippen molar-refractivity contribution in [1.29, 1.82) is 0 Å². The lowest BCUT2D eigenvalue weighted by Crippen LogP contribution is -2.78. The van der Waals surface area contributed by atoms with Crippen molar-refractivity contribution in [1.82, 2.24) is 5.01 Å². The first-order valence-corrected chi connectivity index (χ1v) is 2.29. The van der Waals surface area contributed by atoms with Crippen LogP contribution in [0.3, 0.4) is 0 Å². The molecule has 3 heteroatoms. The van der Waals surface area contributed by atoms with Gasteiger partial charge in [-0.3, -0.25) is 0 Å². The molecule has 0 heterocycles. The second kappa shape index (κ2) is 2.55. The fraction of sp³-hybridized carbons (Fsp3) is 1.00. The normalized spacial score (nSPS) is 9.14. The Morgan fingerprint density at radius 1 is 1.57 bits per heavy atom. The third kappa shape index (κ3) is 2.14. The van der Waals surface area contributed by atoms with Gasteiger partial charge in [-0.15, -0.1) is 5.01 Å². The van der Waals surface area contributed by atoms with Crippen molar-refractivity contribution in [3.05, 3.63) is 4.91 Å². The molecule has 0 saturated heterocycles. The van der Waals surface area contributed by atoms with Crippen molar-refractivity contribution < 1.29 is 5.29 Å². The van der Waals surface area contributed by atoms with Gasteiger partial charge in [0.25, 0.3) is 0 Å². The predicted molar refractivity (Wildman–Crippen MR) is 27.2 cm³/mol. The van der Waals surface area contributed by atoms with Gasteiger partial charge in [0.1, 0.15) is 5.29 Å². The van der Waals surface area contributed by atoms with E-state index in [1.807, 2.05) is 13.8 Å². The van der Waals surface area contributed by atoms with Crippen LogP contribution in [0.5, 0.6) is 0 Å². The van der Waals surface area contributed by atoms with Gasteiger partial charge in [-0.2, -0.15) is 0 Å². The molecule has 3 nitrogen and oxygen atoms in total. The molecule has 0 aromatic rings. The van der Waals surface area contributed by atoms with Crippen LogP contribution in [0.4, 0.5) is 0 Å². The van der Waals surface area contributed by atoms with E-state index in [9.17, 15) is 4.91 Å². The lowest BCUT2D eigenvalue weighted by Gasteiger charge is -2.04. The number of hydrogen-bond acceptors (Lipinski definition) is 1. The smallest absolute Gasteiger partial charge is 0.102 e. The minimum absolute atomic E-state index is 0.275. The minimum atomic E-state index is 0.275. The summed E-state index contributed by atoms with van der Waals surface area (Å²) in [6, 6.07) is 0.275. The topological polar surface area (TPSA) is 34.3 Å². The molecule has 0 bridgehead atoms. The Hall–Kier alpha value is -0.600. The molecule has 0 atom stereocenters. The SMILES string of the molecule is CC(C)N(C)[NH+]=O. The zero-order chi connectivity index (χ0) is 5.86. The molecule has 0 unspecified atom stereocenters. The summed E-state index contributed by atoms with van der Waals surface area (Å²) in [5, 5.41) is 3.23. The summed E-state index contributed by atoms with van der Waals surface area (Å²) >= 11 is 0. The maximum absolute atomic E-state index is 9.75. The van der Waals surface area contributed by atoms with Gasteiger partial charge < -0.3 is 0 Å². The maximum Gasteiger partial charge on any atom is 0.102 e. The van der Waals surface area contributed by atoms with E-state index in [4.69, 9.17) is 0 Å². The van der Waals surface area contributed by atoms with Gasteiger partial charge in [-0.05, 0) is 13.8 Å². The van der Waals surface area contributed by atoms with Crippen LogP contribution in [0.2, 0.25) is 0 Å². The Kier molecular flexibility index (Phi) is 2.33. The third-order valence-electron chi connectivity index (χ3n) is 0.919. The summed E-state index contributed by atoms with van der Waals surface area (Å²) in [5.41, 5.74) is 0. The van der Waals surface area contributed by atoms with Crippen LogP contribution in [-0.2, 0) is 0 Å². The van der Waals surface area contributed by atoms with Crippen molar-refractivity contribution in [2.24, 2.45) is 0 Å². The lowest BCUT2D eigenvalue weighted by atomic mass is 10.4. The first-order valence-electron chi connectivity index (χ1n) is 2.29. The fourth-order valence-electron chi connectivity index (χ4n) is 0.105. The Bertz CT molecular complexity index is 62.7. The Morgan fingerprint density at radius 3 is 2.00 bits per heavy atom. The summed E-state index contributed by atoms with van der Waals surface area (Å²) in [6.07, 6.45) is 0. The van der Waals surface area contributed by atoms with E-state index in [1.54, 1.807) is 12.3 Å². The van der Waals surface area contributed by atoms with Gasteiger partial charge in [0.15, 0.2) is 0 Å². The van der Waals surface area contributed by atoms with Crippen LogP contribution >= 0.6 is 0 Å². The standard InChI is InChI=1S/C4H10N2O/c1-4(2)6(3)5-7/h4H,1-3H3/p+1. The van der Waals surface area contributed by atoms with Gasteiger partial charge in [0.05, 0.1) is 13.1 Å². The van der Waals surface area contributed by atoms with E-state index >= 15 is 0 Å². The molecule has 0 spiro atoms. The third-order valence-corrected chi connectivity index (χ3v) is 0.919. The van der Waals surface area contributed by atoms with Crippen LogP contribution < -0.4 is 5.29 Å². The molecule has 0 aliphatic rings. The predicted octanol–water partition coefficient (Wildman–Crippen LogP) is -0.911. The highest BCUT2D eigenvalue weighted by Crippen LogP contribution is 1.78. The summed E-state index contributed by atoms with van der Waals surface area (Å²) in [6.45, 7) is 3.87. The van der Waals surface area contributed by atoms with Gasteiger partial charge in [0.2, 0.25) is 0 Å². The average molecular weight is 103 g/mol. The molecule has 42 valence electrons. The van der Waals surface area contributed by atoms with Crippen LogP contribution in [0.25, 0.3) is 0 Å². The summed E-state index contributed by atoms with van der Waals surface area (Å²) in [5.74, 6) is 0. The molecule has 0 aliphatic carbocycles. The zero-order valence-electron chi connectivity index (χ0n) is 4.93. The summed E-state index contributed by atoms with van der Waals surface area (Å²) < 4.78 is 0. The fourth-order valence-corrected chi connectivity index (χ4v) is 0.105.